The molecule has 19 heavy (non-hydrogen) atoms. The summed E-state index contributed by atoms with van der Waals surface area (Å²) in [6, 6.07) is 14.2. The summed E-state index contributed by atoms with van der Waals surface area (Å²) in [5.41, 5.74) is 2.30. The van der Waals surface area contributed by atoms with Gasteiger partial charge in [0.05, 0.1) is 6.61 Å². The molecule has 1 N–H and O–H groups in total. The lowest BCUT2D eigenvalue weighted by atomic mass is 10.2. The van der Waals surface area contributed by atoms with E-state index in [0.29, 0.717) is 6.61 Å². The molecule has 0 bridgehead atoms. The smallest absolute Gasteiger partial charge is 0.119 e. The van der Waals surface area contributed by atoms with E-state index in [2.05, 4.69) is 49.3 Å². The van der Waals surface area contributed by atoms with Crippen molar-refractivity contribution in [2.75, 3.05) is 11.9 Å². The van der Waals surface area contributed by atoms with E-state index in [0.717, 1.165) is 26.9 Å². The Morgan fingerprint density at radius 2 is 1.79 bits per heavy atom. The van der Waals surface area contributed by atoms with E-state index >= 15 is 0 Å². The molecule has 0 aliphatic rings. The molecule has 2 aromatic rings. The van der Waals surface area contributed by atoms with Crippen LogP contribution >= 0.6 is 31.9 Å². The Morgan fingerprint density at radius 3 is 2.42 bits per heavy atom. The van der Waals surface area contributed by atoms with Gasteiger partial charge in [0.1, 0.15) is 5.75 Å². The molecule has 0 fully saturated rings. The van der Waals surface area contributed by atoms with E-state index in [1.807, 2.05) is 37.3 Å². The lowest BCUT2D eigenvalue weighted by Crippen LogP contribution is -2.00. The minimum absolute atomic E-state index is 0.698. The summed E-state index contributed by atoms with van der Waals surface area (Å²) >= 11 is 6.98. The molecule has 4 heteroatoms. The van der Waals surface area contributed by atoms with E-state index in [9.17, 15) is 0 Å². The van der Waals surface area contributed by atoms with Crippen molar-refractivity contribution in [3.8, 4) is 5.75 Å². The second-order valence-corrected chi connectivity index (χ2v) is 5.82. The Balaban J connectivity index is 1.98. The first-order valence-corrected chi connectivity index (χ1v) is 7.68. The molecule has 2 rings (SSSR count). The van der Waals surface area contributed by atoms with E-state index in [1.165, 1.54) is 5.56 Å². The number of rotatable bonds is 5. The van der Waals surface area contributed by atoms with Crippen LogP contribution in [0.25, 0.3) is 0 Å². The van der Waals surface area contributed by atoms with Crippen molar-refractivity contribution in [3.63, 3.8) is 0 Å². The number of anilines is 1. The van der Waals surface area contributed by atoms with Gasteiger partial charge in [-0.05, 0) is 58.7 Å². The summed E-state index contributed by atoms with van der Waals surface area (Å²) in [4.78, 5) is 0. The van der Waals surface area contributed by atoms with Crippen LogP contribution in [0.1, 0.15) is 12.5 Å². The highest BCUT2D eigenvalue weighted by Gasteiger charge is 2.00. The van der Waals surface area contributed by atoms with Crippen LogP contribution < -0.4 is 10.1 Å². The first-order chi connectivity index (χ1) is 9.19. The Bertz CT molecular complexity index is 540. The topological polar surface area (TPSA) is 21.3 Å². The van der Waals surface area contributed by atoms with E-state index in [-0.39, 0.29) is 0 Å². The van der Waals surface area contributed by atoms with Crippen molar-refractivity contribution in [1.82, 2.24) is 0 Å². The molecule has 100 valence electrons. The average Bonchev–Trinajstić information content (AvgIpc) is 2.40. The van der Waals surface area contributed by atoms with Crippen molar-refractivity contribution < 1.29 is 4.74 Å². The van der Waals surface area contributed by atoms with Crippen LogP contribution in [0.15, 0.2) is 51.4 Å². The Morgan fingerprint density at radius 1 is 1.05 bits per heavy atom. The molecule has 2 aromatic carbocycles. The normalized spacial score (nSPS) is 10.3. The third-order valence-electron chi connectivity index (χ3n) is 2.65. The molecule has 0 aliphatic carbocycles. The first-order valence-electron chi connectivity index (χ1n) is 6.09. The van der Waals surface area contributed by atoms with Crippen molar-refractivity contribution >= 4 is 37.5 Å². The molecule has 0 unspecified atom stereocenters. The third-order valence-corrected chi connectivity index (χ3v) is 3.80. The summed E-state index contributed by atoms with van der Waals surface area (Å²) in [5.74, 6) is 0.913. The highest BCUT2D eigenvalue weighted by molar-refractivity contribution is 9.11. The zero-order chi connectivity index (χ0) is 13.7. The molecular formula is C15H15Br2NO. The van der Waals surface area contributed by atoms with Crippen LogP contribution in [0.4, 0.5) is 5.69 Å². The summed E-state index contributed by atoms with van der Waals surface area (Å²) < 4.78 is 7.53. The zero-order valence-electron chi connectivity index (χ0n) is 10.6. The highest BCUT2D eigenvalue weighted by Crippen LogP contribution is 2.26. The van der Waals surface area contributed by atoms with E-state index < -0.39 is 0 Å². The monoisotopic (exact) mass is 383 g/mol. The maximum atomic E-state index is 5.42. The Kier molecular flexibility index (Phi) is 5.28. The van der Waals surface area contributed by atoms with Gasteiger partial charge < -0.3 is 10.1 Å². The van der Waals surface area contributed by atoms with Gasteiger partial charge >= 0.3 is 0 Å². The number of ether oxygens (including phenoxy) is 1. The van der Waals surface area contributed by atoms with E-state index in [4.69, 9.17) is 4.74 Å². The standard InChI is InChI=1S/C15H15Br2NO/c1-2-19-13-6-3-11(4-7-13)10-18-15-8-5-12(16)9-14(15)17/h3-9,18H,2,10H2,1H3. The zero-order valence-corrected chi connectivity index (χ0v) is 13.8. The fraction of sp³-hybridized carbons (Fsp3) is 0.200. The van der Waals surface area contributed by atoms with Gasteiger partial charge in [-0.2, -0.15) is 0 Å². The van der Waals surface area contributed by atoms with Crippen molar-refractivity contribution in [3.05, 3.63) is 57.0 Å². The van der Waals surface area contributed by atoms with Gasteiger partial charge in [0.15, 0.2) is 0 Å². The summed E-state index contributed by atoms with van der Waals surface area (Å²) in [7, 11) is 0. The Hall–Kier alpha value is -1.000. The quantitative estimate of drug-likeness (QED) is 0.762. The number of halogens is 2. The average molecular weight is 385 g/mol. The number of hydrogen-bond donors (Lipinski definition) is 1. The van der Waals surface area contributed by atoms with Crippen LogP contribution in [0.5, 0.6) is 5.75 Å². The van der Waals surface area contributed by atoms with Crippen LogP contribution in [0.2, 0.25) is 0 Å². The largest absolute Gasteiger partial charge is 0.494 e. The van der Waals surface area contributed by atoms with Crippen molar-refractivity contribution in [1.29, 1.82) is 0 Å². The number of benzene rings is 2. The van der Waals surface area contributed by atoms with Crippen molar-refractivity contribution in [2.45, 2.75) is 13.5 Å². The predicted molar refractivity (Wildman–Crippen MR) is 86.8 cm³/mol. The van der Waals surface area contributed by atoms with Gasteiger partial charge in [-0.25, -0.2) is 0 Å². The van der Waals surface area contributed by atoms with Gasteiger partial charge in [0.25, 0.3) is 0 Å². The van der Waals surface area contributed by atoms with Crippen LogP contribution in [-0.4, -0.2) is 6.61 Å². The summed E-state index contributed by atoms with van der Waals surface area (Å²) in [6.07, 6.45) is 0. The van der Waals surface area contributed by atoms with Gasteiger partial charge in [-0.3, -0.25) is 0 Å². The molecule has 0 amide bonds. The predicted octanol–water partition coefficient (Wildman–Crippen LogP) is 5.22. The SMILES string of the molecule is CCOc1ccc(CNc2ccc(Br)cc2Br)cc1. The second kappa shape index (κ2) is 6.96. The lowest BCUT2D eigenvalue weighted by molar-refractivity contribution is 0.340. The minimum Gasteiger partial charge on any atom is -0.494 e. The molecule has 0 spiro atoms. The van der Waals surface area contributed by atoms with Gasteiger partial charge in [0.2, 0.25) is 0 Å². The van der Waals surface area contributed by atoms with E-state index in [1.54, 1.807) is 0 Å². The van der Waals surface area contributed by atoms with Crippen LogP contribution in [0.3, 0.4) is 0 Å². The van der Waals surface area contributed by atoms with Crippen LogP contribution in [-0.2, 0) is 6.54 Å². The fourth-order valence-electron chi connectivity index (χ4n) is 1.70. The third kappa shape index (κ3) is 4.25. The lowest BCUT2D eigenvalue weighted by Gasteiger charge is -2.10. The molecule has 0 radical (unpaired) electrons. The molecule has 0 aliphatic heterocycles. The second-order valence-electron chi connectivity index (χ2n) is 4.05. The molecule has 0 saturated carbocycles. The van der Waals surface area contributed by atoms with Gasteiger partial charge in [0, 0.05) is 21.2 Å². The summed E-state index contributed by atoms with van der Waals surface area (Å²) in [6.45, 7) is 3.47. The molecular weight excluding hydrogens is 370 g/mol. The molecule has 0 heterocycles. The summed E-state index contributed by atoms with van der Waals surface area (Å²) in [5, 5.41) is 3.40. The van der Waals surface area contributed by atoms with Gasteiger partial charge in [-0.1, -0.05) is 28.1 Å². The molecule has 2 nitrogen and oxygen atoms in total. The molecule has 0 atom stereocenters. The maximum Gasteiger partial charge on any atom is 0.119 e. The fourth-order valence-corrected chi connectivity index (χ4v) is 2.89. The first kappa shape index (κ1) is 14.4. The maximum absolute atomic E-state index is 5.42. The van der Waals surface area contributed by atoms with Crippen LogP contribution in [0, 0.1) is 0 Å². The number of hydrogen-bond acceptors (Lipinski definition) is 2. The minimum atomic E-state index is 0.698. The molecule has 0 saturated heterocycles. The van der Waals surface area contributed by atoms with Crippen molar-refractivity contribution in [2.24, 2.45) is 0 Å². The highest BCUT2D eigenvalue weighted by atomic mass is 79.9. The molecule has 0 aromatic heterocycles. The number of nitrogens with one attached hydrogen (secondary N) is 1. The van der Waals surface area contributed by atoms with Gasteiger partial charge in [-0.15, -0.1) is 0 Å². The Labute approximate surface area is 130 Å².